The second-order valence-corrected chi connectivity index (χ2v) is 5.79. The molecule has 0 radical (unpaired) electrons. The Morgan fingerprint density at radius 2 is 1.65 bits per heavy atom. The Hall–Kier alpha value is -2.24. The van der Waals surface area contributed by atoms with E-state index >= 15 is 0 Å². The van der Waals surface area contributed by atoms with Gasteiger partial charge in [-0.05, 0) is 38.8 Å². The molecule has 0 saturated carbocycles. The summed E-state index contributed by atoms with van der Waals surface area (Å²) in [5.74, 6) is -0.605. The molecular weight excluding hydrogens is 298 g/mol. The molecule has 0 aliphatic carbocycles. The van der Waals surface area contributed by atoms with Gasteiger partial charge in [-0.2, -0.15) is 0 Å². The number of nitro benzene ring substituents is 1. The topological polar surface area (TPSA) is 86.5 Å². The number of carbonyl (C=O) groups excluding carboxylic acids is 2. The SMILES string of the molecule is CCC(CC)(CC(=O)c1cc(C)c([N+](=O)[O-])c(C)c1)C(=O)OC. The summed E-state index contributed by atoms with van der Waals surface area (Å²) in [5, 5.41) is 11.0. The summed E-state index contributed by atoms with van der Waals surface area (Å²) in [4.78, 5) is 35.3. The highest BCUT2D eigenvalue weighted by molar-refractivity contribution is 5.99. The minimum Gasteiger partial charge on any atom is -0.469 e. The van der Waals surface area contributed by atoms with Crippen molar-refractivity contribution in [2.24, 2.45) is 5.41 Å². The zero-order valence-corrected chi connectivity index (χ0v) is 14.3. The number of methoxy groups -OCH3 is 1. The molecule has 126 valence electrons. The van der Waals surface area contributed by atoms with E-state index in [-0.39, 0.29) is 17.9 Å². The van der Waals surface area contributed by atoms with Crippen LogP contribution in [-0.2, 0) is 9.53 Å². The number of aryl methyl sites for hydroxylation is 2. The Morgan fingerprint density at radius 3 is 2.00 bits per heavy atom. The predicted molar refractivity (Wildman–Crippen MR) is 86.5 cm³/mol. The highest BCUT2D eigenvalue weighted by atomic mass is 16.6. The molecule has 0 aliphatic rings. The van der Waals surface area contributed by atoms with Crippen LogP contribution in [0.25, 0.3) is 0 Å². The lowest BCUT2D eigenvalue weighted by molar-refractivity contribution is -0.386. The van der Waals surface area contributed by atoms with E-state index in [1.165, 1.54) is 19.2 Å². The molecule has 0 fully saturated rings. The molecule has 0 aromatic heterocycles. The van der Waals surface area contributed by atoms with Gasteiger partial charge in [-0.1, -0.05) is 13.8 Å². The maximum Gasteiger partial charge on any atom is 0.312 e. The smallest absolute Gasteiger partial charge is 0.312 e. The highest BCUT2D eigenvalue weighted by Gasteiger charge is 2.38. The molecule has 23 heavy (non-hydrogen) atoms. The van der Waals surface area contributed by atoms with Crippen LogP contribution in [-0.4, -0.2) is 23.8 Å². The first kappa shape index (κ1) is 18.8. The third-order valence-electron chi connectivity index (χ3n) is 4.47. The monoisotopic (exact) mass is 321 g/mol. The van der Waals surface area contributed by atoms with Crippen molar-refractivity contribution in [3.8, 4) is 0 Å². The van der Waals surface area contributed by atoms with Gasteiger partial charge in [0.25, 0.3) is 5.69 Å². The van der Waals surface area contributed by atoms with E-state index in [9.17, 15) is 19.7 Å². The molecule has 0 atom stereocenters. The first-order valence-corrected chi connectivity index (χ1v) is 7.59. The van der Waals surface area contributed by atoms with Crippen molar-refractivity contribution in [2.75, 3.05) is 7.11 Å². The zero-order chi connectivity index (χ0) is 17.8. The summed E-state index contributed by atoms with van der Waals surface area (Å²) in [5.41, 5.74) is 0.438. The average Bonchev–Trinajstić information content (AvgIpc) is 2.50. The van der Waals surface area contributed by atoms with Gasteiger partial charge in [0.2, 0.25) is 0 Å². The molecule has 1 rings (SSSR count). The van der Waals surface area contributed by atoms with Crippen LogP contribution in [0.2, 0.25) is 0 Å². The summed E-state index contributed by atoms with van der Waals surface area (Å²) in [6, 6.07) is 3.03. The normalized spacial score (nSPS) is 11.2. The molecule has 0 N–H and O–H groups in total. The molecule has 6 heteroatoms. The lowest BCUT2D eigenvalue weighted by atomic mass is 9.76. The number of benzene rings is 1. The molecule has 0 unspecified atom stereocenters. The first-order chi connectivity index (χ1) is 10.7. The van der Waals surface area contributed by atoms with Crippen molar-refractivity contribution in [1.82, 2.24) is 0 Å². The maximum atomic E-state index is 12.6. The Labute approximate surface area is 136 Å². The third-order valence-corrected chi connectivity index (χ3v) is 4.47. The summed E-state index contributed by atoms with van der Waals surface area (Å²) in [7, 11) is 1.31. The number of carbonyl (C=O) groups is 2. The van der Waals surface area contributed by atoms with Gasteiger partial charge in [0.1, 0.15) is 0 Å². The third kappa shape index (κ3) is 3.75. The van der Waals surface area contributed by atoms with Crippen molar-refractivity contribution < 1.29 is 19.2 Å². The van der Waals surface area contributed by atoms with Gasteiger partial charge in [-0.3, -0.25) is 19.7 Å². The second-order valence-electron chi connectivity index (χ2n) is 5.79. The van der Waals surface area contributed by atoms with Crippen molar-refractivity contribution in [2.45, 2.75) is 47.0 Å². The summed E-state index contributed by atoms with van der Waals surface area (Å²) in [6.07, 6.45) is 1.02. The molecule has 0 aliphatic heterocycles. The Kier molecular flexibility index (Phi) is 6.01. The fourth-order valence-electron chi connectivity index (χ4n) is 2.89. The average molecular weight is 321 g/mol. The zero-order valence-electron chi connectivity index (χ0n) is 14.3. The number of hydrogen-bond acceptors (Lipinski definition) is 5. The van der Waals surface area contributed by atoms with Gasteiger partial charge in [-0.25, -0.2) is 0 Å². The molecule has 0 heterocycles. The van der Waals surface area contributed by atoms with Crippen molar-refractivity contribution >= 4 is 17.4 Å². The molecule has 1 aromatic rings. The standard InChI is InChI=1S/C17H23NO5/c1-6-17(7-2,16(20)23-5)10-14(19)13-8-11(3)15(18(21)22)12(4)9-13/h8-9H,6-7,10H2,1-5H3. The van der Waals surface area contributed by atoms with Crippen LogP contribution in [0.3, 0.4) is 0 Å². The molecule has 0 saturated heterocycles. The van der Waals surface area contributed by atoms with Gasteiger partial charge < -0.3 is 4.74 Å². The van der Waals surface area contributed by atoms with Crippen LogP contribution in [0.1, 0.15) is 54.6 Å². The first-order valence-electron chi connectivity index (χ1n) is 7.59. The largest absolute Gasteiger partial charge is 0.469 e. The predicted octanol–water partition coefficient (Wildman–Crippen LogP) is 3.76. The number of hydrogen-bond donors (Lipinski definition) is 0. The Bertz CT molecular complexity index is 609. The summed E-state index contributed by atoms with van der Waals surface area (Å²) < 4.78 is 4.85. The molecule has 0 spiro atoms. The van der Waals surface area contributed by atoms with Crippen LogP contribution in [0.4, 0.5) is 5.69 Å². The number of ketones is 1. The van der Waals surface area contributed by atoms with Crippen molar-refractivity contribution in [3.05, 3.63) is 38.9 Å². The number of esters is 1. The Morgan fingerprint density at radius 1 is 1.17 bits per heavy atom. The van der Waals surface area contributed by atoms with Gasteiger partial charge in [0.15, 0.2) is 5.78 Å². The number of nitrogens with zero attached hydrogens (tertiary/aromatic N) is 1. The molecule has 0 amide bonds. The van der Waals surface area contributed by atoms with Crippen LogP contribution in [0.15, 0.2) is 12.1 Å². The van der Waals surface area contributed by atoms with Crippen LogP contribution in [0.5, 0.6) is 0 Å². The van der Waals surface area contributed by atoms with Gasteiger partial charge in [-0.15, -0.1) is 0 Å². The molecular formula is C17H23NO5. The van der Waals surface area contributed by atoms with E-state index in [0.717, 1.165) is 0 Å². The lowest BCUT2D eigenvalue weighted by Gasteiger charge is -2.27. The molecule has 1 aromatic carbocycles. The maximum absolute atomic E-state index is 12.6. The second kappa shape index (κ2) is 7.35. The number of Topliss-reactive ketones (excluding diaryl/α,β-unsaturated/α-hetero) is 1. The van der Waals surface area contributed by atoms with Gasteiger partial charge in [0, 0.05) is 23.1 Å². The van der Waals surface area contributed by atoms with Crippen LogP contribution >= 0.6 is 0 Å². The summed E-state index contributed by atoms with van der Waals surface area (Å²) in [6.45, 7) is 6.91. The van der Waals surface area contributed by atoms with E-state index in [4.69, 9.17) is 4.74 Å². The van der Waals surface area contributed by atoms with Crippen LogP contribution in [0, 0.1) is 29.4 Å². The molecule has 6 nitrogen and oxygen atoms in total. The van der Waals surface area contributed by atoms with E-state index in [1.807, 2.05) is 13.8 Å². The van der Waals surface area contributed by atoms with Gasteiger partial charge >= 0.3 is 5.97 Å². The number of ether oxygens (including phenoxy) is 1. The minimum atomic E-state index is -0.852. The highest BCUT2D eigenvalue weighted by Crippen LogP contribution is 2.34. The van der Waals surface area contributed by atoms with E-state index < -0.39 is 16.3 Å². The lowest BCUT2D eigenvalue weighted by Crippen LogP contribution is -2.33. The fraction of sp³-hybridized carbons (Fsp3) is 0.529. The minimum absolute atomic E-state index is 0.0202. The van der Waals surface area contributed by atoms with Crippen molar-refractivity contribution in [1.29, 1.82) is 0 Å². The van der Waals surface area contributed by atoms with Crippen molar-refractivity contribution in [3.63, 3.8) is 0 Å². The number of rotatable bonds is 7. The Balaban J connectivity index is 3.20. The van der Waals surface area contributed by atoms with Gasteiger partial charge in [0.05, 0.1) is 17.4 Å². The van der Waals surface area contributed by atoms with E-state index in [2.05, 4.69) is 0 Å². The quantitative estimate of drug-likeness (QED) is 0.330. The fourth-order valence-corrected chi connectivity index (χ4v) is 2.89. The van der Waals surface area contributed by atoms with E-state index in [0.29, 0.717) is 29.5 Å². The molecule has 0 bridgehead atoms. The van der Waals surface area contributed by atoms with Crippen LogP contribution < -0.4 is 0 Å². The summed E-state index contributed by atoms with van der Waals surface area (Å²) >= 11 is 0. The number of nitro groups is 1. The van der Waals surface area contributed by atoms with E-state index in [1.54, 1.807) is 13.8 Å².